The highest BCUT2D eigenvalue weighted by Gasteiger charge is 2.17. The first-order chi connectivity index (χ1) is 11.5. The molecule has 0 fully saturated rings. The van der Waals surface area contributed by atoms with E-state index in [0.29, 0.717) is 5.56 Å². The molecular formula is C18H15F2NO3. The lowest BCUT2D eigenvalue weighted by Gasteiger charge is -2.12. The van der Waals surface area contributed by atoms with E-state index in [1.54, 1.807) is 6.07 Å². The standard InChI is InChI=1S/C18H15F2NO3/c1-12(18(23)21-16-5-3-2-4-15(16)20)24-17(22)11-8-13-6-9-14(19)10-7-13/h2-12H,1H3,(H,21,23)/b11-8+/t12-/m0/s1. The lowest BCUT2D eigenvalue weighted by Crippen LogP contribution is -2.29. The Kier molecular flexibility index (Phi) is 5.78. The van der Waals surface area contributed by atoms with Crippen molar-refractivity contribution in [2.24, 2.45) is 0 Å². The maximum absolute atomic E-state index is 13.5. The molecule has 1 atom stereocenters. The van der Waals surface area contributed by atoms with Crippen LogP contribution in [0.4, 0.5) is 14.5 Å². The van der Waals surface area contributed by atoms with E-state index in [0.717, 1.165) is 6.08 Å². The number of hydrogen-bond acceptors (Lipinski definition) is 3. The van der Waals surface area contributed by atoms with E-state index < -0.39 is 23.8 Å². The molecule has 1 N–H and O–H groups in total. The minimum Gasteiger partial charge on any atom is -0.449 e. The summed E-state index contributed by atoms with van der Waals surface area (Å²) in [6.45, 7) is 1.37. The average Bonchev–Trinajstić information content (AvgIpc) is 2.56. The van der Waals surface area contributed by atoms with E-state index in [1.807, 2.05) is 0 Å². The highest BCUT2D eigenvalue weighted by Crippen LogP contribution is 2.13. The predicted molar refractivity (Wildman–Crippen MR) is 86.0 cm³/mol. The predicted octanol–water partition coefficient (Wildman–Crippen LogP) is 3.55. The van der Waals surface area contributed by atoms with Gasteiger partial charge in [0.2, 0.25) is 0 Å². The van der Waals surface area contributed by atoms with Crippen molar-refractivity contribution >= 4 is 23.6 Å². The van der Waals surface area contributed by atoms with Gasteiger partial charge < -0.3 is 10.1 Å². The van der Waals surface area contributed by atoms with E-state index in [4.69, 9.17) is 4.74 Å². The van der Waals surface area contributed by atoms with Gasteiger partial charge >= 0.3 is 5.97 Å². The number of carbonyl (C=O) groups is 2. The molecule has 2 aromatic rings. The van der Waals surface area contributed by atoms with Gasteiger partial charge in [-0.15, -0.1) is 0 Å². The number of nitrogens with one attached hydrogen (secondary N) is 1. The molecule has 2 rings (SSSR count). The molecule has 0 saturated heterocycles. The SMILES string of the molecule is C[C@H](OC(=O)/C=C/c1ccc(F)cc1)C(=O)Nc1ccccc1F. The lowest BCUT2D eigenvalue weighted by molar-refractivity contribution is -0.148. The third-order valence-electron chi connectivity index (χ3n) is 3.08. The van der Waals surface area contributed by atoms with Crippen LogP contribution in [0, 0.1) is 11.6 Å². The summed E-state index contributed by atoms with van der Waals surface area (Å²) in [6, 6.07) is 11.2. The van der Waals surface area contributed by atoms with Crippen LogP contribution in [-0.2, 0) is 14.3 Å². The number of esters is 1. The molecule has 0 bridgehead atoms. The van der Waals surface area contributed by atoms with Gasteiger partial charge in [-0.1, -0.05) is 24.3 Å². The number of para-hydroxylation sites is 1. The summed E-state index contributed by atoms with van der Waals surface area (Å²) < 4.78 is 31.2. The van der Waals surface area contributed by atoms with Crippen molar-refractivity contribution in [1.82, 2.24) is 0 Å². The van der Waals surface area contributed by atoms with Gasteiger partial charge in [0.25, 0.3) is 5.91 Å². The molecule has 24 heavy (non-hydrogen) atoms. The van der Waals surface area contributed by atoms with Crippen molar-refractivity contribution in [3.05, 3.63) is 71.8 Å². The second-order valence-electron chi connectivity index (χ2n) is 4.93. The van der Waals surface area contributed by atoms with Gasteiger partial charge in [0.1, 0.15) is 11.6 Å². The van der Waals surface area contributed by atoms with Crippen LogP contribution in [-0.4, -0.2) is 18.0 Å². The molecule has 6 heteroatoms. The minimum absolute atomic E-state index is 0.00672. The Morgan fingerprint density at radius 3 is 2.42 bits per heavy atom. The lowest BCUT2D eigenvalue weighted by atomic mass is 10.2. The van der Waals surface area contributed by atoms with Crippen LogP contribution >= 0.6 is 0 Å². The van der Waals surface area contributed by atoms with Crippen LogP contribution in [0.15, 0.2) is 54.6 Å². The third-order valence-corrected chi connectivity index (χ3v) is 3.08. The molecule has 124 valence electrons. The zero-order valence-corrected chi connectivity index (χ0v) is 12.8. The Morgan fingerprint density at radius 1 is 1.08 bits per heavy atom. The molecule has 0 aromatic heterocycles. The molecule has 0 aliphatic carbocycles. The Bertz CT molecular complexity index is 757. The Hall–Kier alpha value is -3.02. The molecular weight excluding hydrogens is 316 g/mol. The second kappa shape index (κ2) is 8.01. The average molecular weight is 331 g/mol. The summed E-state index contributed by atoms with van der Waals surface area (Å²) in [4.78, 5) is 23.6. The zero-order valence-electron chi connectivity index (χ0n) is 12.8. The van der Waals surface area contributed by atoms with Crippen LogP contribution in [0.5, 0.6) is 0 Å². The minimum atomic E-state index is -1.10. The van der Waals surface area contributed by atoms with Crippen LogP contribution < -0.4 is 5.32 Å². The number of carbonyl (C=O) groups excluding carboxylic acids is 2. The zero-order chi connectivity index (χ0) is 17.5. The second-order valence-corrected chi connectivity index (χ2v) is 4.93. The topological polar surface area (TPSA) is 55.4 Å². The largest absolute Gasteiger partial charge is 0.449 e. The number of amides is 1. The molecule has 0 spiro atoms. The highest BCUT2D eigenvalue weighted by molar-refractivity contribution is 5.96. The number of benzene rings is 2. The van der Waals surface area contributed by atoms with Crippen molar-refractivity contribution in [2.45, 2.75) is 13.0 Å². The maximum Gasteiger partial charge on any atom is 0.331 e. The fraction of sp³-hybridized carbons (Fsp3) is 0.111. The van der Waals surface area contributed by atoms with Crippen molar-refractivity contribution in [2.75, 3.05) is 5.32 Å². The van der Waals surface area contributed by atoms with Gasteiger partial charge in [0.15, 0.2) is 6.10 Å². The molecule has 4 nitrogen and oxygen atoms in total. The van der Waals surface area contributed by atoms with E-state index in [2.05, 4.69) is 5.32 Å². The first kappa shape index (κ1) is 17.3. The van der Waals surface area contributed by atoms with Crippen LogP contribution in [0.2, 0.25) is 0 Å². The number of anilines is 1. The number of ether oxygens (including phenoxy) is 1. The van der Waals surface area contributed by atoms with Crippen molar-refractivity contribution < 1.29 is 23.1 Å². The van der Waals surface area contributed by atoms with Crippen LogP contribution in [0.25, 0.3) is 6.08 Å². The third kappa shape index (κ3) is 5.01. The van der Waals surface area contributed by atoms with E-state index in [-0.39, 0.29) is 11.5 Å². The molecule has 0 aliphatic rings. The number of halogens is 2. The fourth-order valence-electron chi connectivity index (χ4n) is 1.80. The Labute approximate surface area is 137 Å². The maximum atomic E-state index is 13.5. The summed E-state index contributed by atoms with van der Waals surface area (Å²) in [7, 11) is 0. The Morgan fingerprint density at radius 2 is 1.75 bits per heavy atom. The number of rotatable bonds is 5. The number of hydrogen-bond donors (Lipinski definition) is 1. The van der Waals surface area contributed by atoms with Crippen LogP contribution in [0.3, 0.4) is 0 Å². The van der Waals surface area contributed by atoms with Gasteiger partial charge in [-0.05, 0) is 42.8 Å². The van der Waals surface area contributed by atoms with E-state index in [1.165, 1.54) is 55.5 Å². The molecule has 0 heterocycles. The summed E-state index contributed by atoms with van der Waals surface area (Å²) in [6.07, 6.45) is 1.46. The van der Waals surface area contributed by atoms with Gasteiger partial charge in [-0.2, -0.15) is 0 Å². The van der Waals surface area contributed by atoms with Crippen LogP contribution in [0.1, 0.15) is 12.5 Å². The molecule has 0 unspecified atom stereocenters. The first-order valence-corrected chi connectivity index (χ1v) is 7.15. The van der Waals surface area contributed by atoms with E-state index >= 15 is 0 Å². The van der Waals surface area contributed by atoms with Gasteiger partial charge in [-0.25, -0.2) is 13.6 Å². The quantitative estimate of drug-likeness (QED) is 0.673. The smallest absolute Gasteiger partial charge is 0.331 e. The molecule has 0 saturated carbocycles. The Balaban J connectivity index is 1.90. The van der Waals surface area contributed by atoms with Crippen molar-refractivity contribution in [3.8, 4) is 0 Å². The van der Waals surface area contributed by atoms with Gasteiger partial charge in [0.05, 0.1) is 5.69 Å². The fourth-order valence-corrected chi connectivity index (χ4v) is 1.80. The van der Waals surface area contributed by atoms with Gasteiger partial charge in [-0.3, -0.25) is 4.79 Å². The monoisotopic (exact) mass is 331 g/mol. The first-order valence-electron chi connectivity index (χ1n) is 7.15. The summed E-state index contributed by atoms with van der Waals surface area (Å²) in [5, 5.41) is 2.34. The van der Waals surface area contributed by atoms with Crippen molar-refractivity contribution in [3.63, 3.8) is 0 Å². The highest BCUT2D eigenvalue weighted by atomic mass is 19.1. The van der Waals surface area contributed by atoms with Gasteiger partial charge in [0, 0.05) is 6.08 Å². The van der Waals surface area contributed by atoms with Crippen molar-refractivity contribution in [1.29, 1.82) is 0 Å². The molecule has 0 radical (unpaired) electrons. The summed E-state index contributed by atoms with van der Waals surface area (Å²) in [5.74, 6) is -2.35. The molecule has 2 aromatic carbocycles. The van der Waals surface area contributed by atoms with E-state index in [9.17, 15) is 18.4 Å². The normalized spacial score (nSPS) is 12.0. The molecule has 1 amide bonds. The molecule has 0 aliphatic heterocycles. The summed E-state index contributed by atoms with van der Waals surface area (Å²) >= 11 is 0. The summed E-state index contributed by atoms with van der Waals surface area (Å²) in [5.41, 5.74) is 0.615.